The molecule has 0 fully saturated rings. The Hall–Kier alpha value is -1.10. The molecule has 0 aliphatic carbocycles. The molecule has 2 rings (SSSR count). The lowest BCUT2D eigenvalue weighted by atomic mass is 9.88. The van der Waals surface area contributed by atoms with Crippen LogP contribution in [-0.2, 0) is 0 Å². The highest BCUT2D eigenvalue weighted by Crippen LogP contribution is 2.22. The van der Waals surface area contributed by atoms with Crippen LogP contribution in [0, 0.1) is 5.92 Å². The number of hydrogen-bond acceptors (Lipinski definition) is 3. The standard InChI is InChI=1S/C15H20N2OS.ClH/c1-10(2)15(3,9-16)17-14(18)12-4-5-13-11(8-12)6-7-19-13;/h4-8,10H,9,16H2,1-3H3,(H,17,18);1H. The Kier molecular flexibility index (Phi) is 5.57. The fourth-order valence-electron chi connectivity index (χ4n) is 1.87. The van der Waals surface area contributed by atoms with E-state index in [4.69, 9.17) is 5.73 Å². The second-order valence-corrected chi connectivity index (χ2v) is 6.35. The number of benzene rings is 1. The third kappa shape index (κ3) is 3.32. The molecule has 1 unspecified atom stereocenters. The Morgan fingerprint density at radius 1 is 1.40 bits per heavy atom. The van der Waals surface area contributed by atoms with E-state index >= 15 is 0 Å². The second-order valence-electron chi connectivity index (χ2n) is 5.40. The van der Waals surface area contributed by atoms with E-state index in [2.05, 4.69) is 19.2 Å². The van der Waals surface area contributed by atoms with Crippen LogP contribution in [0.25, 0.3) is 10.1 Å². The van der Waals surface area contributed by atoms with E-state index in [0.717, 1.165) is 5.39 Å². The third-order valence-electron chi connectivity index (χ3n) is 3.81. The fraction of sp³-hybridized carbons (Fsp3) is 0.400. The number of carbonyl (C=O) groups is 1. The Morgan fingerprint density at radius 2 is 2.10 bits per heavy atom. The Labute approximate surface area is 130 Å². The van der Waals surface area contributed by atoms with Gasteiger partial charge < -0.3 is 11.1 Å². The summed E-state index contributed by atoms with van der Waals surface area (Å²) < 4.78 is 1.20. The van der Waals surface area contributed by atoms with Crippen molar-refractivity contribution in [3.63, 3.8) is 0 Å². The van der Waals surface area contributed by atoms with Crippen LogP contribution in [0.5, 0.6) is 0 Å². The number of nitrogens with two attached hydrogens (primary N) is 1. The maximum absolute atomic E-state index is 12.3. The summed E-state index contributed by atoms with van der Waals surface area (Å²) in [6.45, 7) is 6.54. The lowest BCUT2D eigenvalue weighted by Crippen LogP contribution is -2.55. The van der Waals surface area contributed by atoms with Gasteiger partial charge in [-0.25, -0.2) is 0 Å². The molecule has 2 aromatic rings. The van der Waals surface area contributed by atoms with E-state index in [1.54, 1.807) is 11.3 Å². The minimum atomic E-state index is -0.374. The van der Waals surface area contributed by atoms with Gasteiger partial charge in [0.1, 0.15) is 0 Å². The van der Waals surface area contributed by atoms with Crippen LogP contribution in [0.3, 0.4) is 0 Å². The Balaban J connectivity index is 0.00000200. The first-order valence-corrected chi connectivity index (χ1v) is 7.34. The van der Waals surface area contributed by atoms with Gasteiger partial charge in [0.15, 0.2) is 0 Å². The number of fused-ring (bicyclic) bond motifs is 1. The number of nitrogens with one attached hydrogen (secondary N) is 1. The van der Waals surface area contributed by atoms with Crippen molar-refractivity contribution >= 4 is 39.7 Å². The van der Waals surface area contributed by atoms with E-state index in [1.807, 2.05) is 36.6 Å². The monoisotopic (exact) mass is 312 g/mol. The molecule has 0 bridgehead atoms. The highest BCUT2D eigenvalue weighted by molar-refractivity contribution is 7.17. The summed E-state index contributed by atoms with van der Waals surface area (Å²) in [5.74, 6) is 0.223. The number of thiophene rings is 1. The molecule has 0 spiro atoms. The van der Waals surface area contributed by atoms with E-state index in [0.29, 0.717) is 12.1 Å². The van der Waals surface area contributed by atoms with E-state index in [9.17, 15) is 4.79 Å². The predicted octanol–water partition coefficient (Wildman–Crippen LogP) is 3.43. The topological polar surface area (TPSA) is 55.1 Å². The van der Waals surface area contributed by atoms with Gasteiger partial charge in [-0.3, -0.25) is 4.79 Å². The van der Waals surface area contributed by atoms with Crippen LogP contribution in [0.1, 0.15) is 31.1 Å². The number of amides is 1. The van der Waals surface area contributed by atoms with Gasteiger partial charge >= 0.3 is 0 Å². The molecule has 1 aromatic heterocycles. The SMILES string of the molecule is CC(C)C(C)(CN)NC(=O)c1ccc2sccc2c1.Cl. The molecule has 1 aromatic carbocycles. The molecule has 110 valence electrons. The fourth-order valence-corrected chi connectivity index (χ4v) is 2.64. The van der Waals surface area contributed by atoms with Crippen molar-refractivity contribution in [2.45, 2.75) is 26.3 Å². The van der Waals surface area contributed by atoms with Crippen LogP contribution in [-0.4, -0.2) is 18.0 Å². The maximum Gasteiger partial charge on any atom is 0.251 e. The Morgan fingerprint density at radius 3 is 2.70 bits per heavy atom. The third-order valence-corrected chi connectivity index (χ3v) is 4.71. The minimum absolute atomic E-state index is 0. The molecule has 1 atom stereocenters. The highest BCUT2D eigenvalue weighted by Gasteiger charge is 2.28. The Bertz CT molecular complexity index is 596. The second kappa shape index (κ2) is 6.57. The smallest absolute Gasteiger partial charge is 0.251 e. The van der Waals surface area contributed by atoms with Crippen LogP contribution in [0.2, 0.25) is 0 Å². The molecule has 3 nitrogen and oxygen atoms in total. The molecular weight excluding hydrogens is 292 g/mol. The lowest BCUT2D eigenvalue weighted by Gasteiger charge is -2.33. The highest BCUT2D eigenvalue weighted by atomic mass is 35.5. The average Bonchev–Trinajstić information content (AvgIpc) is 2.85. The van der Waals surface area contributed by atoms with E-state index < -0.39 is 0 Å². The first-order valence-electron chi connectivity index (χ1n) is 6.46. The van der Waals surface area contributed by atoms with Gasteiger partial charge in [0, 0.05) is 16.8 Å². The van der Waals surface area contributed by atoms with Crippen molar-refractivity contribution < 1.29 is 4.79 Å². The summed E-state index contributed by atoms with van der Waals surface area (Å²) in [5.41, 5.74) is 6.11. The van der Waals surface area contributed by atoms with Crippen molar-refractivity contribution in [3.05, 3.63) is 35.2 Å². The summed E-state index contributed by atoms with van der Waals surface area (Å²) in [6, 6.07) is 7.81. The van der Waals surface area contributed by atoms with Crippen LogP contribution in [0.4, 0.5) is 0 Å². The number of hydrogen-bond donors (Lipinski definition) is 2. The largest absolute Gasteiger partial charge is 0.345 e. The average molecular weight is 313 g/mol. The zero-order chi connectivity index (χ0) is 14.0. The first kappa shape index (κ1) is 17.0. The normalized spacial score (nSPS) is 13.8. The number of halogens is 1. The van der Waals surface area contributed by atoms with Crippen molar-refractivity contribution in [3.8, 4) is 0 Å². The summed E-state index contributed by atoms with van der Waals surface area (Å²) in [7, 11) is 0. The molecule has 5 heteroatoms. The van der Waals surface area contributed by atoms with Gasteiger partial charge in [0.05, 0.1) is 5.54 Å². The van der Waals surface area contributed by atoms with Crippen LogP contribution in [0.15, 0.2) is 29.6 Å². The summed E-state index contributed by atoms with van der Waals surface area (Å²) >= 11 is 1.68. The maximum atomic E-state index is 12.3. The number of rotatable bonds is 4. The van der Waals surface area contributed by atoms with Crippen LogP contribution >= 0.6 is 23.7 Å². The molecule has 0 aliphatic heterocycles. The van der Waals surface area contributed by atoms with Crippen LogP contribution < -0.4 is 11.1 Å². The number of carbonyl (C=O) groups excluding carboxylic acids is 1. The summed E-state index contributed by atoms with van der Waals surface area (Å²) in [6.07, 6.45) is 0. The zero-order valence-electron chi connectivity index (χ0n) is 12.0. The van der Waals surface area contributed by atoms with Crippen molar-refractivity contribution in [2.75, 3.05) is 6.54 Å². The minimum Gasteiger partial charge on any atom is -0.345 e. The predicted molar refractivity (Wildman–Crippen MR) is 88.8 cm³/mol. The molecule has 0 saturated heterocycles. The van der Waals surface area contributed by atoms with E-state index in [-0.39, 0.29) is 29.8 Å². The molecule has 0 aliphatic rings. The van der Waals surface area contributed by atoms with Gasteiger partial charge in [-0.05, 0) is 47.9 Å². The molecule has 0 saturated carbocycles. The first-order chi connectivity index (χ1) is 8.96. The van der Waals surface area contributed by atoms with Gasteiger partial charge in [-0.15, -0.1) is 23.7 Å². The summed E-state index contributed by atoms with van der Waals surface area (Å²) in [4.78, 5) is 12.3. The molecule has 1 heterocycles. The molecule has 20 heavy (non-hydrogen) atoms. The molecular formula is C15H21ClN2OS. The van der Waals surface area contributed by atoms with Gasteiger partial charge in [-0.1, -0.05) is 13.8 Å². The van der Waals surface area contributed by atoms with Gasteiger partial charge in [-0.2, -0.15) is 0 Å². The van der Waals surface area contributed by atoms with E-state index in [1.165, 1.54) is 4.70 Å². The van der Waals surface area contributed by atoms with Gasteiger partial charge in [0.25, 0.3) is 5.91 Å². The van der Waals surface area contributed by atoms with Crippen molar-refractivity contribution in [1.82, 2.24) is 5.32 Å². The molecule has 0 radical (unpaired) electrons. The summed E-state index contributed by atoms with van der Waals surface area (Å²) in [5, 5.41) is 6.20. The quantitative estimate of drug-likeness (QED) is 0.908. The zero-order valence-corrected chi connectivity index (χ0v) is 13.6. The van der Waals surface area contributed by atoms with Crippen molar-refractivity contribution in [1.29, 1.82) is 0 Å². The molecule has 1 amide bonds. The molecule has 3 N–H and O–H groups in total. The lowest BCUT2D eigenvalue weighted by molar-refractivity contribution is 0.0883. The van der Waals surface area contributed by atoms with Crippen molar-refractivity contribution in [2.24, 2.45) is 11.7 Å². The van der Waals surface area contributed by atoms with Gasteiger partial charge in [0.2, 0.25) is 0 Å².